The highest BCUT2D eigenvalue weighted by atomic mass is 32.2. The van der Waals surface area contributed by atoms with Crippen molar-refractivity contribution in [1.82, 2.24) is 9.47 Å². The van der Waals surface area contributed by atoms with Crippen molar-refractivity contribution in [2.75, 3.05) is 20.3 Å². The van der Waals surface area contributed by atoms with Gasteiger partial charge in [0.1, 0.15) is 0 Å². The van der Waals surface area contributed by atoms with E-state index in [1.54, 1.807) is 25.3 Å². The Hall–Kier alpha value is -4.30. The molecule has 2 amide bonds. The molecule has 0 bridgehead atoms. The van der Waals surface area contributed by atoms with Crippen molar-refractivity contribution in [3.05, 3.63) is 101 Å². The third-order valence-corrected chi connectivity index (χ3v) is 7.43. The Morgan fingerprint density at radius 3 is 2.44 bits per heavy atom. The molecule has 1 saturated heterocycles. The molecule has 0 aliphatic carbocycles. The summed E-state index contributed by atoms with van der Waals surface area (Å²) >= 11 is 0.862. The van der Waals surface area contributed by atoms with Gasteiger partial charge in [0.05, 0.1) is 25.2 Å². The molecule has 1 aliphatic heterocycles. The van der Waals surface area contributed by atoms with Crippen LogP contribution in [0.25, 0.3) is 17.0 Å². The van der Waals surface area contributed by atoms with Crippen molar-refractivity contribution in [2.45, 2.75) is 19.9 Å². The fourth-order valence-corrected chi connectivity index (χ4v) is 5.31. The van der Waals surface area contributed by atoms with Gasteiger partial charge in [-0.25, -0.2) is 0 Å². The zero-order valence-corrected chi connectivity index (χ0v) is 22.6. The third kappa shape index (κ3) is 5.76. The van der Waals surface area contributed by atoms with Crippen LogP contribution in [0.4, 0.5) is 4.79 Å². The highest BCUT2D eigenvalue weighted by molar-refractivity contribution is 8.18. The Kier molecular flexibility index (Phi) is 7.84. The van der Waals surface area contributed by atoms with Crippen LogP contribution >= 0.6 is 11.8 Å². The predicted molar refractivity (Wildman–Crippen MR) is 153 cm³/mol. The zero-order valence-electron chi connectivity index (χ0n) is 21.8. The average Bonchev–Trinajstić information content (AvgIpc) is 3.43. The number of rotatable bonds is 10. The standard InChI is InChI=1S/C31H28N2O5S/c1-21-12-14-22(15-13-21)26(34)20-33-30(35)29(39-31(33)36)18-23-19-32(25-9-4-3-8-24(23)25)16-7-17-38-28-11-6-5-10-27(28)37-2/h3-6,8-15,18-19H,7,16-17,20H2,1-2H3/b29-18-. The molecule has 0 radical (unpaired) electrons. The van der Waals surface area contributed by atoms with Crippen molar-refractivity contribution in [3.63, 3.8) is 0 Å². The number of hydrogen-bond donors (Lipinski definition) is 0. The minimum Gasteiger partial charge on any atom is -0.493 e. The van der Waals surface area contributed by atoms with E-state index in [1.165, 1.54) is 0 Å². The Morgan fingerprint density at radius 2 is 1.67 bits per heavy atom. The molecular weight excluding hydrogens is 512 g/mol. The highest BCUT2D eigenvalue weighted by Gasteiger charge is 2.36. The maximum absolute atomic E-state index is 13.1. The van der Waals surface area contributed by atoms with Gasteiger partial charge >= 0.3 is 0 Å². The SMILES string of the molecule is COc1ccccc1OCCCn1cc(/C=C2\SC(=O)N(CC(=O)c3ccc(C)cc3)C2=O)c2ccccc21. The summed E-state index contributed by atoms with van der Waals surface area (Å²) in [6.45, 7) is 2.87. The van der Waals surface area contributed by atoms with Crippen LogP contribution in [0, 0.1) is 6.92 Å². The van der Waals surface area contributed by atoms with Crippen molar-refractivity contribution >= 4 is 45.7 Å². The normalized spacial score (nSPS) is 14.4. The van der Waals surface area contributed by atoms with E-state index in [1.807, 2.05) is 73.8 Å². The number of carbonyl (C=O) groups excluding carboxylic acids is 3. The molecule has 0 unspecified atom stereocenters. The van der Waals surface area contributed by atoms with Gasteiger partial charge in [0.15, 0.2) is 17.3 Å². The second kappa shape index (κ2) is 11.6. The molecule has 0 spiro atoms. The number of imide groups is 1. The van der Waals surface area contributed by atoms with Gasteiger partial charge in [-0.1, -0.05) is 60.2 Å². The maximum Gasteiger partial charge on any atom is 0.293 e. The molecule has 7 nitrogen and oxygen atoms in total. The summed E-state index contributed by atoms with van der Waals surface area (Å²) in [5, 5.41) is 0.537. The summed E-state index contributed by atoms with van der Waals surface area (Å²) in [4.78, 5) is 39.8. The number of hydrogen-bond acceptors (Lipinski definition) is 6. The molecule has 1 fully saturated rings. The Bertz CT molecular complexity index is 1570. The summed E-state index contributed by atoms with van der Waals surface area (Å²) in [7, 11) is 1.62. The van der Waals surface area contributed by atoms with Crippen molar-refractivity contribution in [2.24, 2.45) is 0 Å². The second-order valence-electron chi connectivity index (χ2n) is 9.20. The molecule has 0 atom stereocenters. The van der Waals surface area contributed by atoms with E-state index in [0.717, 1.165) is 45.1 Å². The first-order valence-corrected chi connectivity index (χ1v) is 13.4. The van der Waals surface area contributed by atoms with Crippen molar-refractivity contribution < 1.29 is 23.9 Å². The minimum absolute atomic E-state index is 0.273. The molecule has 8 heteroatoms. The molecule has 0 N–H and O–H groups in total. The van der Waals surface area contributed by atoms with Gasteiger partial charge in [0.2, 0.25) is 0 Å². The number of methoxy groups -OCH3 is 1. The molecule has 2 heterocycles. The van der Waals surface area contributed by atoms with Gasteiger partial charge in [0.25, 0.3) is 11.1 Å². The lowest BCUT2D eigenvalue weighted by atomic mass is 10.1. The Balaban J connectivity index is 1.29. The number of carbonyl (C=O) groups is 3. The largest absolute Gasteiger partial charge is 0.493 e. The number of nitrogens with zero attached hydrogens (tertiary/aromatic N) is 2. The lowest BCUT2D eigenvalue weighted by molar-refractivity contribution is -0.122. The predicted octanol–water partition coefficient (Wildman–Crippen LogP) is 6.35. The number of para-hydroxylation sites is 3. The Morgan fingerprint density at radius 1 is 0.949 bits per heavy atom. The molecule has 1 aliphatic rings. The summed E-state index contributed by atoms with van der Waals surface area (Å²) in [5.74, 6) is 0.674. The first kappa shape index (κ1) is 26.3. The van der Waals surface area contributed by atoms with E-state index in [9.17, 15) is 14.4 Å². The van der Waals surface area contributed by atoms with E-state index in [0.29, 0.717) is 35.1 Å². The number of amides is 2. The summed E-state index contributed by atoms with van der Waals surface area (Å²) in [6, 6.07) is 22.6. The monoisotopic (exact) mass is 540 g/mol. The number of benzene rings is 3. The van der Waals surface area contributed by atoms with Crippen LogP contribution in [-0.4, -0.2) is 46.7 Å². The number of Topliss-reactive ketones (excluding diaryl/α,β-unsaturated/α-hetero) is 1. The van der Waals surface area contributed by atoms with Crippen LogP contribution in [0.3, 0.4) is 0 Å². The van der Waals surface area contributed by atoms with Gasteiger partial charge in [0, 0.05) is 34.8 Å². The number of aryl methyl sites for hydroxylation is 2. The van der Waals surface area contributed by atoms with Crippen LogP contribution < -0.4 is 9.47 Å². The quantitative estimate of drug-likeness (QED) is 0.133. The van der Waals surface area contributed by atoms with Crippen LogP contribution in [-0.2, 0) is 11.3 Å². The van der Waals surface area contributed by atoms with Crippen LogP contribution in [0.5, 0.6) is 11.5 Å². The fourth-order valence-electron chi connectivity index (χ4n) is 4.48. The molecule has 1 aromatic heterocycles. The minimum atomic E-state index is -0.451. The number of ether oxygens (including phenoxy) is 2. The highest BCUT2D eigenvalue weighted by Crippen LogP contribution is 2.34. The summed E-state index contributed by atoms with van der Waals surface area (Å²) < 4.78 is 13.4. The number of ketones is 1. The van der Waals surface area contributed by atoms with E-state index in [4.69, 9.17) is 9.47 Å². The van der Waals surface area contributed by atoms with Crippen molar-refractivity contribution in [3.8, 4) is 11.5 Å². The first-order valence-electron chi connectivity index (χ1n) is 12.6. The smallest absolute Gasteiger partial charge is 0.293 e. The van der Waals surface area contributed by atoms with E-state index in [2.05, 4.69) is 4.57 Å². The summed E-state index contributed by atoms with van der Waals surface area (Å²) in [5.41, 5.74) is 3.37. The van der Waals surface area contributed by atoms with Crippen LogP contribution in [0.1, 0.15) is 27.9 Å². The van der Waals surface area contributed by atoms with Crippen LogP contribution in [0.2, 0.25) is 0 Å². The third-order valence-electron chi connectivity index (χ3n) is 6.52. The second-order valence-corrected chi connectivity index (χ2v) is 10.2. The average molecular weight is 541 g/mol. The van der Waals surface area contributed by atoms with E-state index >= 15 is 0 Å². The molecular formula is C31H28N2O5S. The van der Waals surface area contributed by atoms with Gasteiger partial charge < -0.3 is 14.0 Å². The van der Waals surface area contributed by atoms with Gasteiger partial charge in [-0.15, -0.1) is 0 Å². The Labute approximate surface area is 231 Å². The van der Waals surface area contributed by atoms with E-state index in [-0.39, 0.29) is 12.3 Å². The molecule has 3 aromatic carbocycles. The lowest BCUT2D eigenvalue weighted by Crippen LogP contribution is -2.33. The lowest BCUT2D eigenvalue weighted by Gasteiger charge is -2.11. The van der Waals surface area contributed by atoms with E-state index < -0.39 is 11.1 Å². The van der Waals surface area contributed by atoms with Crippen LogP contribution in [0.15, 0.2) is 83.9 Å². The number of thioether (sulfide) groups is 1. The topological polar surface area (TPSA) is 77.8 Å². The molecule has 5 rings (SSSR count). The molecule has 4 aromatic rings. The first-order chi connectivity index (χ1) is 18.9. The van der Waals surface area contributed by atoms with Gasteiger partial charge in [-0.05, 0) is 49.4 Å². The molecule has 198 valence electrons. The number of aromatic nitrogens is 1. The number of fused-ring (bicyclic) bond motifs is 1. The van der Waals surface area contributed by atoms with Crippen molar-refractivity contribution in [1.29, 1.82) is 0 Å². The molecule has 0 saturated carbocycles. The zero-order chi connectivity index (χ0) is 27.4. The summed E-state index contributed by atoms with van der Waals surface area (Å²) in [6.07, 6.45) is 4.48. The van der Waals surface area contributed by atoms with Gasteiger partial charge in [-0.3, -0.25) is 19.3 Å². The fraction of sp³-hybridized carbons (Fsp3) is 0.194. The molecule has 39 heavy (non-hydrogen) atoms. The van der Waals surface area contributed by atoms with Gasteiger partial charge in [-0.2, -0.15) is 0 Å². The maximum atomic E-state index is 13.1.